The zero-order chi connectivity index (χ0) is 25.3. The summed E-state index contributed by atoms with van der Waals surface area (Å²) in [6.07, 6.45) is 10.1. The number of phenolic OH excluding ortho intramolecular Hbond substituents is 1. The molecule has 0 aromatic heterocycles. The van der Waals surface area contributed by atoms with Gasteiger partial charge in [-0.3, -0.25) is 9.98 Å². The number of aliphatic hydroxyl groups excluding tert-OH is 1. The van der Waals surface area contributed by atoms with Gasteiger partial charge in [0.05, 0.1) is 18.2 Å². The van der Waals surface area contributed by atoms with E-state index in [9.17, 15) is 10.2 Å². The minimum atomic E-state index is -0.328. The maximum Gasteiger partial charge on any atom is 0.128 e. The highest BCUT2D eigenvalue weighted by Gasteiger charge is 2.40. The van der Waals surface area contributed by atoms with E-state index in [1.807, 2.05) is 12.3 Å². The third-order valence-electron chi connectivity index (χ3n) is 7.95. The first-order valence-electron chi connectivity index (χ1n) is 13.4. The van der Waals surface area contributed by atoms with Crippen LogP contribution in [0.3, 0.4) is 0 Å². The van der Waals surface area contributed by atoms with Gasteiger partial charge in [0.25, 0.3) is 0 Å². The van der Waals surface area contributed by atoms with Crippen LogP contribution < -0.4 is 0 Å². The van der Waals surface area contributed by atoms with Crippen LogP contribution in [0.5, 0.6) is 5.75 Å². The average Bonchev–Trinajstić information content (AvgIpc) is 2.73. The number of hydrogen-bond donors (Lipinski definition) is 2. The number of rotatable bonds is 4. The fourth-order valence-corrected chi connectivity index (χ4v) is 5.90. The fourth-order valence-electron chi connectivity index (χ4n) is 5.90. The molecular formula is C30H48N2O2. The van der Waals surface area contributed by atoms with Crippen LogP contribution in [0, 0.1) is 30.1 Å². The van der Waals surface area contributed by atoms with Crippen molar-refractivity contribution in [2.45, 2.75) is 118 Å². The molecule has 2 N–H and O–H groups in total. The number of benzene rings is 1. The molecule has 190 valence electrons. The molecule has 4 unspecified atom stereocenters. The first kappa shape index (κ1) is 26.9. The molecule has 1 aromatic carbocycles. The second kappa shape index (κ2) is 10.5. The Labute approximate surface area is 208 Å². The summed E-state index contributed by atoms with van der Waals surface area (Å²) in [7, 11) is 0. The lowest BCUT2D eigenvalue weighted by molar-refractivity contribution is -0.0243. The van der Waals surface area contributed by atoms with E-state index in [0.29, 0.717) is 17.6 Å². The van der Waals surface area contributed by atoms with E-state index in [1.165, 1.54) is 6.42 Å². The molecule has 2 aliphatic rings. The van der Waals surface area contributed by atoms with Gasteiger partial charge in [-0.2, -0.15) is 0 Å². The summed E-state index contributed by atoms with van der Waals surface area (Å²) in [4.78, 5) is 9.99. The van der Waals surface area contributed by atoms with Gasteiger partial charge in [-0.05, 0) is 66.9 Å². The van der Waals surface area contributed by atoms with Crippen LogP contribution >= 0.6 is 0 Å². The minimum Gasteiger partial charge on any atom is -0.507 e. The van der Waals surface area contributed by atoms with Crippen molar-refractivity contribution in [1.29, 1.82) is 0 Å². The van der Waals surface area contributed by atoms with E-state index in [-0.39, 0.29) is 34.9 Å². The molecule has 4 heteroatoms. The molecule has 0 bridgehead atoms. The van der Waals surface area contributed by atoms with Gasteiger partial charge in [-0.1, -0.05) is 67.4 Å². The number of hydrogen-bond acceptors (Lipinski definition) is 4. The second-order valence-corrected chi connectivity index (χ2v) is 13.2. The van der Waals surface area contributed by atoms with Crippen LogP contribution in [-0.2, 0) is 5.41 Å². The molecule has 34 heavy (non-hydrogen) atoms. The molecule has 0 aliphatic heterocycles. The smallest absolute Gasteiger partial charge is 0.128 e. The number of aromatic hydroxyl groups is 1. The molecule has 3 rings (SSSR count). The Morgan fingerprint density at radius 1 is 0.941 bits per heavy atom. The highest BCUT2D eigenvalue weighted by molar-refractivity contribution is 5.85. The molecule has 4 nitrogen and oxygen atoms in total. The Hall–Kier alpha value is -1.68. The van der Waals surface area contributed by atoms with Gasteiger partial charge in [0.2, 0.25) is 0 Å². The van der Waals surface area contributed by atoms with Crippen molar-refractivity contribution in [3.8, 4) is 5.75 Å². The SMILES string of the molecule is Cc1cc(C=N[C@H]2CCCC[C@H]2N=CC2CC(C)CC(C(C)(C)C)C2O)c(O)c(C(C)(C)C)c1. The maximum atomic E-state index is 11.1. The van der Waals surface area contributed by atoms with Gasteiger partial charge in [0.1, 0.15) is 5.75 Å². The third-order valence-corrected chi connectivity index (χ3v) is 7.95. The first-order chi connectivity index (χ1) is 15.8. The molecule has 2 saturated carbocycles. The highest BCUT2D eigenvalue weighted by Crippen LogP contribution is 2.42. The van der Waals surface area contributed by atoms with Crippen molar-refractivity contribution >= 4 is 12.4 Å². The lowest BCUT2D eigenvalue weighted by atomic mass is 9.64. The molecule has 6 atom stereocenters. The summed E-state index contributed by atoms with van der Waals surface area (Å²) in [6, 6.07) is 4.36. The van der Waals surface area contributed by atoms with E-state index < -0.39 is 0 Å². The third kappa shape index (κ3) is 6.50. The molecule has 0 heterocycles. The number of nitrogens with zero attached hydrogens (tertiary/aromatic N) is 2. The molecule has 0 saturated heterocycles. The Morgan fingerprint density at radius 3 is 2.15 bits per heavy atom. The van der Waals surface area contributed by atoms with E-state index in [2.05, 4.69) is 67.7 Å². The van der Waals surface area contributed by atoms with Gasteiger partial charge < -0.3 is 10.2 Å². The summed E-state index contributed by atoms with van der Waals surface area (Å²) in [5.41, 5.74) is 2.86. The largest absolute Gasteiger partial charge is 0.507 e. The monoisotopic (exact) mass is 468 g/mol. The molecule has 1 aromatic rings. The number of aryl methyl sites for hydroxylation is 1. The standard InChI is InChI=1S/C30H48N2O2/c1-19-13-21(27(33)23(15-19)29(3,4)5)17-31-25-11-9-10-12-26(25)32-18-22-14-20(2)16-24(28(22)34)30(6,7)8/h13,15,17-18,20,22,24-26,28,33-34H,9-12,14,16H2,1-8H3/t20?,22?,24?,25-,26+,28?/m0/s1. The Balaban J connectivity index is 1.78. The van der Waals surface area contributed by atoms with E-state index in [1.54, 1.807) is 0 Å². The topological polar surface area (TPSA) is 65.2 Å². The molecule has 2 aliphatic carbocycles. The van der Waals surface area contributed by atoms with Gasteiger partial charge in [0, 0.05) is 29.5 Å². The number of aliphatic imine (C=N–C) groups is 2. The van der Waals surface area contributed by atoms with Crippen LogP contribution in [0.25, 0.3) is 0 Å². The Bertz CT molecular complexity index is 890. The molecular weight excluding hydrogens is 420 g/mol. The minimum absolute atomic E-state index is 0.0968. The normalized spacial score (nSPS) is 31.4. The van der Waals surface area contributed by atoms with Crippen molar-refractivity contribution in [2.24, 2.45) is 33.2 Å². The van der Waals surface area contributed by atoms with Crippen molar-refractivity contribution in [1.82, 2.24) is 0 Å². The van der Waals surface area contributed by atoms with Crippen molar-refractivity contribution in [3.63, 3.8) is 0 Å². The van der Waals surface area contributed by atoms with Crippen LogP contribution in [0.2, 0.25) is 0 Å². The number of phenols is 1. The Kier molecular flexibility index (Phi) is 8.33. The van der Waals surface area contributed by atoms with Gasteiger partial charge in [-0.25, -0.2) is 0 Å². The van der Waals surface area contributed by atoms with E-state index >= 15 is 0 Å². The number of aliphatic hydroxyl groups is 1. The predicted molar refractivity (Wildman–Crippen MR) is 145 cm³/mol. The fraction of sp³-hybridized carbons (Fsp3) is 0.733. The van der Waals surface area contributed by atoms with Crippen LogP contribution in [0.4, 0.5) is 0 Å². The molecule has 0 spiro atoms. The Morgan fingerprint density at radius 2 is 1.56 bits per heavy atom. The maximum absolute atomic E-state index is 11.1. The van der Waals surface area contributed by atoms with Crippen LogP contribution in [-0.4, -0.2) is 40.8 Å². The van der Waals surface area contributed by atoms with Gasteiger partial charge in [-0.15, -0.1) is 0 Å². The van der Waals surface area contributed by atoms with Crippen molar-refractivity contribution in [2.75, 3.05) is 0 Å². The highest BCUT2D eigenvalue weighted by atomic mass is 16.3. The summed E-state index contributed by atoms with van der Waals surface area (Å²) in [5, 5.41) is 22.0. The quantitative estimate of drug-likeness (QED) is 0.474. The van der Waals surface area contributed by atoms with Gasteiger partial charge in [0.15, 0.2) is 0 Å². The molecule has 0 radical (unpaired) electrons. The summed E-state index contributed by atoms with van der Waals surface area (Å²) in [5.74, 6) is 1.36. The van der Waals surface area contributed by atoms with Gasteiger partial charge >= 0.3 is 0 Å². The molecule has 0 amide bonds. The van der Waals surface area contributed by atoms with Crippen molar-refractivity contribution in [3.05, 3.63) is 28.8 Å². The van der Waals surface area contributed by atoms with Crippen LogP contribution in [0.15, 0.2) is 22.1 Å². The summed E-state index contributed by atoms with van der Waals surface area (Å²) >= 11 is 0. The molecule has 2 fully saturated rings. The predicted octanol–water partition coefficient (Wildman–Crippen LogP) is 6.87. The second-order valence-electron chi connectivity index (χ2n) is 13.2. The summed E-state index contributed by atoms with van der Waals surface area (Å²) in [6.45, 7) is 17.5. The van der Waals surface area contributed by atoms with Crippen molar-refractivity contribution < 1.29 is 10.2 Å². The first-order valence-corrected chi connectivity index (χ1v) is 13.4. The van der Waals surface area contributed by atoms with Crippen LogP contribution in [0.1, 0.15) is 104 Å². The summed E-state index contributed by atoms with van der Waals surface area (Å²) < 4.78 is 0. The zero-order valence-electron chi connectivity index (χ0n) is 22.8. The lowest BCUT2D eigenvalue weighted by Crippen LogP contribution is -2.43. The van der Waals surface area contributed by atoms with E-state index in [4.69, 9.17) is 9.98 Å². The van der Waals surface area contributed by atoms with E-state index in [0.717, 1.165) is 48.8 Å². The lowest BCUT2D eigenvalue weighted by Gasteiger charge is -2.43. The average molecular weight is 469 g/mol. The zero-order valence-corrected chi connectivity index (χ0v) is 22.8.